The normalized spacial score (nSPS) is 10.7. The van der Waals surface area contributed by atoms with Crippen LogP contribution in [0.2, 0.25) is 0 Å². The van der Waals surface area contributed by atoms with Gasteiger partial charge in [0.05, 0.1) is 5.69 Å². The first-order valence-corrected chi connectivity index (χ1v) is 5.76. The summed E-state index contributed by atoms with van der Waals surface area (Å²) in [7, 11) is 3.16. The van der Waals surface area contributed by atoms with E-state index in [1.54, 1.807) is 7.05 Å². The number of benzene rings is 1. The van der Waals surface area contributed by atoms with Gasteiger partial charge in [0.2, 0.25) is 0 Å². The summed E-state index contributed by atoms with van der Waals surface area (Å²) in [5, 5.41) is 0. The van der Waals surface area contributed by atoms with Gasteiger partial charge in [-0.15, -0.1) is 0 Å². The molecule has 1 aromatic heterocycles. The minimum atomic E-state index is -0.307. The van der Waals surface area contributed by atoms with Crippen LogP contribution in [0.15, 0.2) is 33.9 Å². The number of aromatic nitrogens is 2. The lowest BCUT2D eigenvalue weighted by molar-refractivity contribution is 0.691. The van der Waals surface area contributed by atoms with Crippen LogP contribution in [-0.2, 0) is 14.1 Å². The molecule has 0 spiro atoms. The lowest BCUT2D eigenvalue weighted by Gasteiger charge is -2.12. The van der Waals surface area contributed by atoms with Crippen LogP contribution in [-0.4, -0.2) is 9.13 Å². The highest BCUT2D eigenvalue weighted by Gasteiger charge is 2.10. The molecule has 0 amide bonds. The molecular formula is C14H16N2O2. The SMILES string of the molecule is Cc1ccc(C)c(-c2cc(=O)n(C)c(=O)n2C)c1. The van der Waals surface area contributed by atoms with E-state index in [1.807, 2.05) is 32.0 Å². The van der Waals surface area contributed by atoms with Crippen LogP contribution in [0.25, 0.3) is 11.3 Å². The van der Waals surface area contributed by atoms with Gasteiger partial charge in [-0.1, -0.05) is 17.7 Å². The van der Waals surface area contributed by atoms with E-state index in [4.69, 9.17) is 0 Å². The summed E-state index contributed by atoms with van der Waals surface area (Å²) in [6, 6.07) is 7.50. The third kappa shape index (κ3) is 1.90. The molecule has 0 atom stereocenters. The van der Waals surface area contributed by atoms with Crippen LogP contribution in [0.5, 0.6) is 0 Å². The molecule has 0 fully saturated rings. The second kappa shape index (κ2) is 4.29. The van der Waals surface area contributed by atoms with E-state index in [9.17, 15) is 9.59 Å². The van der Waals surface area contributed by atoms with Crippen LogP contribution >= 0.6 is 0 Å². The summed E-state index contributed by atoms with van der Waals surface area (Å²) < 4.78 is 2.61. The Kier molecular flexibility index (Phi) is 2.95. The van der Waals surface area contributed by atoms with Crippen molar-refractivity contribution in [1.29, 1.82) is 0 Å². The Morgan fingerprint density at radius 1 is 0.944 bits per heavy atom. The van der Waals surface area contributed by atoms with Gasteiger partial charge in [0.25, 0.3) is 5.56 Å². The molecule has 0 aliphatic heterocycles. The van der Waals surface area contributed by atoms with Crippen molar-refractivity contribution in [1.82, 2.24) is 9.13 Å². The average Bonchev–Trinajstić information content (AvgIpc) is 2.34. The molecular weight excluding hydrogens is 228 g/mol. The molecule has 0 saturated carbocycles. The van der Waals surface area contributed by atoms with Gasteiger partial charge in [-0.3, -0.25) is 13.9 Å². The lowest BCUT2D eigenvalue weighted by atomic mass is 10.0. The minimum absolute atomic E-state index is 0.283. The predicted octanol–water partition coefficient (Wildman–Crippen LogP) is 1.37. The highest BCUT2D eigenvalue weighted by Crippen LogP contribution is 2.21. The molecule has 94 valence electrons. The fraction of sp³-hybridized carbons (Fsp3) is 0.286. The topological polar surface area (TPSA) is 44.0 Å². The van der Waals surface area contributed by atoms with Gasteiger partial charge < -0.3 is 0 Å². The lowest BCUT2D eigenvalue weighted by Crippen LogP contribution is -2.37. The van der Waals surface area contributed by atoms with Crippen molar-refractivity contribution in [2.75, 3.05) is 0 Å². The zero-order valence-electron chi connectivity index (χ0n) is 11.0. The van der Waals surface area contributed by atoms with Crippen LogP contribution in [0.4, 0.5) is 0 Å². The number of rotatable bonds is 1. The number of nitrogens with zero attached hydrogens (tertiary/aromatic N) is 2. The molecule has 1 aromatic carbocycles. The van der Waals surface area contributed by atoms with Crippen LogP contribution in [0.1, 0.15) is 11.1 Å². The molecule has 0 saturated heterocycles. The molecule has 1 heterocycles. The Labute approximate surface area is 105 Å². The van der Waals surface area contributed by atoms with Gasteiger partial charge in [-0.05, 0) is 25.5 Å². The molecule has 4 nitrogen and oxygen atoms in total. The van der Waals surface area contributed by atoms with Crippen molar-refractivity contribution in [2.45, 2.75) is 13.8 Å². The zero-order chi connectivity index (χ0) is 13.4. The van der Waals surface area contributed by atoms with Crippen molar-refractivity contribution in [3.63, 3.8) is 0 Å². The van der Waals surface area contributed by atoms with E-state index in [1.165, 1.54) is 17.7 Å². The summed E-state index contributed by atoms with van der Waals surface area (Å²) in [4.78, 5) is 23.6. The van der Waals surface area contributed by atoms with E-state index >= 15 is 0 Å². The van der Waals surface area contributed by atoms with E-state index in [2.05, 4.69) is 0 Å². The Balaban J connectivity index is 2.84. The summed E-state index contributed by atoms with van der Waals surface area (Å²) in [5.74, 6) is 0. The molecule has 0 unspecified atom stereocenters. The maximum absolute atomic E-state index is 11.9. The van der Waals surface area contributed by atoms with Gasteiger partial charge in [0.1, 0.15) is 0 Å². The van der Waals surface area contributed by atoms with Crippen LogP contribution in [0, 0.1) is 13.8 Å². The van der Waals surface area contributed by atoms with Gasteiger partial charge >= 0.3 is 5.69 Å². The fourth-order valence-corrected chi connectivity index (χ4v) is 2.00. The second-order valence-corrected chi connectivity index (χ2v) is 4.59. The van der Waals surface area contributed by atoms with E-state index in [0.717, 1.165) is 21.3 Å². The molecule has 0 radical (unpaired) electrons. The number of hydrogen-bond acceptors (Lipinski definition) is 2. The monoisotopic (exact) mass is 244 g/mol. The van der Waals surface area contributed by atoms with Crippen molar-refractivity contribution in [3.8, 4) is 11.3 Å². The Bertz CT molecular complexity index is 724. The summed E-state index contributed by atoms with van der Waals surface area (Å²) in [5.41, 5.74) is 3.14. The highest BCUT2D eigenvalue weighted by molar-refractivity contribution is 5.64. The first kappa shape index (κ1) is 12.4. The summed E-state index contributed by atoms with van der Waals surface area (Å²) >= 11 is 0. The molecule has 2 rings (SSSR count). The summed E-state index contributed by atoms with van der Waals surface area (Å²) in [6.45, 7) is 3.96. The minimum Gasteiger partial charge on any atom is -0.296 e. The second-order valence-electron chi connectivity index (χ2n) is 4.59. The van der Waals surface area contributed by atoms with Crippen molar-refractivity contribution in [3.05, 3.63) is 56.2 Å². The fourth-order valence-electron chi connectivity index (χ4n) is 2.00. The van der Waals surface area contributed by atoms with E-state index < -0.39 is 0 Å². The van der Waals surface area contributed by atoms with E-state index in [-0.39, 0.29) is 11.2 Å². The zero-order valence-corrected chi connectivity index (χ0v) is 11.0. The molecule has 0 N–H and O–H groups in total. The Morgan fingerprint density at radius 2 is 1.61 bits per heavy atom. The van der Waals surface area contributed by atoms with Crippen LogP contribution < -0.4 is 11.2 Å². The molecule has 0 aliphatic carbocycles. The maximum atomic E-state index is 11.9. The molecule has 0 aliphatic rings. The first-order chi connectivity index (χ1) is 8.41. The Hall–Kier alpha value is -2.10. The Morgan fingerprint density at radius 3 is 2.28 bits per heavy atom. The summed E-state index contributed by atoms with van der Waals surface area (Å²) in [6.07, 6.45) is 0. The quantitative estimate of drug-likeness (QED) is 0.760. The van der Waals surface area contributed by atoms with E-state index in [0.29, 0.717) is 5.69 Å². The number of hydrogen-bond donors (Lipinski definition) is 0. The van der Waals surface area contributed by atoms with Gasteiger partial charge in [0.15, 0.2) is 0 Å². The number of aryl methyl sites for hydroxylation is 2. The molecule has 4 heteroatoms. The highest BCUT2D eigenvalue weighted by atomic mass is 16.2. The smallest absolute Gasteiger partial charge is 0.296 e. The molecule has 0 bridgehead atoms. The molecule has 2 aromatic rings. The maximum Gasteiger partial charge on any atom is 0.330 e. The first-order valence-electron chi connectivity index (χ1n) is 5.76. The van der Waals surface area contributed by atoms with Gasteiger partial charge in [-0.2, -0.15) is 0 Å². The standard InChI is InChI=1S/C14H16N2O2/c1-9-5-6-10(2)11(7-9)12-8-13(17)16(4)14(18)15(12)3/h5-8H,1-4H3. The third-order valence-electron chi connectivity index (χ3n) is 3.20. The average molecular weight is 244 g/mol. The van der Waals surface area contributed by atoms with Crippen molar-refractivity contribution < 1.29 is 0 Å². The van der Waals surface area contributed by atoms with Gasteiger partial charge in [0, 0.05) is 25.7 Å². The van der Waals surface area contributed by atoms with Crippen LogP contribution in [0.3, 0.4) is 0 Å². The largest absolute Gasteiger partial charge is 0.330 e. The third-order valence-corrected chi connectivity index (χ3v) is 3.20. The van der Waals surface area contributed by atoms with Crippen molar-refractivity contribution in [2.24, 2.45) is 14.1 Å². The van der Waals surface area contributed by atoms with Crippen molar-refractivity contribution >= 4 is 0 Å². The molecule has 18 heavy (non-hydrogen) atoms. The predicted molar refractivity (Wildman–Crippen MR) is 71.8 cm³/mol. The van der Waals surface area contributed by atoms with Gasteiger partial charge in [-0.25, -0.2) is 4.79 Å².